The number of benzene rings is 1. The van der Waals surface area contributed by atoms with Crippen LogP contribution in [0.4, 0.5) is 0 Å². The molecule has 0 saturated carbocycles. The summed E-state index contributed by atoms with van der Waals surface area (Å²) in [6.45, 7) is 6.43. The van der Waals surface area contributed by atoms with Crippen molar-refractivity contribution in [3.05, 3.63) is 41.2 Å². The van der Waals surface area contributed by atoms with Gasteiger partial charge in [-0.15, -0.1) is 5.10 Å². The van der Waals surface area contributed by atoms with Gasteiger partial charge < -0.3 is 10.1 Å². The lowest BCUT2D eigenvalue weighted by molar-refractivity contribution is 0.195. The van der Waals surface area contributed by atoms with Crippen LogP contribution in [0.2, 0.25) is 0 Å². The first-order valence-corrected chi connectivity index (χ1v) is 7.25. The number of hydrogen-bond acceptors (Lipinski definition) is 5. The van der Waals surface area contributed by atoms with Crippen molar-refractivity contribution in [1.29, 1.82) is 0 Å². The molecule has 1 heterocycles. The van der Waals surface area contributed by atoms with E-state index in [0.717, 1.165) is 25.3 Å². The zero-order chi connectivity index (χ0) is 15.1. The summed E-state index contributed by atoms with van der Waals surface area (Å²) in [4.78, 5) is 0. The van der Waals surface area contributed by atoms with Gasteiger partial charge in [0.2, 0.25) is 0 Å². The lowest BCUT2D eigenvalue weighted by Gasteiger charge is -2.13. The molecule has 114 valence electrons. The summed E-state index contributed by atoms with van der Waals surface area (Å²) < 4.78 is 6.91. The molecule has 0 radical (unpaired) electrons. The maximum atomic E-state index is 5.04. The predicted octanol–water partition coefficient (Wildman–Crippen LogP) is 1.52. The Kier molecular flexibility index (Phi) is 5.83. The Bertz CT molecular complexity index is 555. The normalized spacial score (nSPS) is 12.5. The fourth-order valence-electron chi connectivity index (χ4n) is 2.27. The molecule has 6 heteroatoms. The highest BCUT2D eigenvalue weighted by Crippen LogP contribution is 2.11. The van der Waals surface area contributed by atoms with Crippen molar-refractivity contribution >= 4 is 0 Å². The van der Waals surface area contributed by atoms with E-state index in [-0.39, 0.29) is 6.04 Å². The van der Waals surface area contributed by atoms with Crippen LogP contribution in [0, 0.1) is 6.92 Å². The van der Waals surface area contributed by atoms with Gasteiger partial charge in [-0.1, -0.05) is 24.3 Å². The maximum Gasteiger partial charge on any atom is 0.167 e. The molecule has 1 N–H and O–H groups in total. The van der Waals surface area contributed by atoms with E-state index in [9.17, 15) is 0 Å². The van der Waals surface area contributed by atoms with Crippen molar-refractivity contribution in [2.75, 3.05) is 20.3 Å². The van der Waals surface area contributed by atoms with E-state index in [2.05, 4.69) is 59.0 Å². The Morgan fingerprint density at radius 3 is 2.90 bits per heavy atom. The van der Waals surface area contributed by atoms with E-state index in [1.54, 1.807) is 7.11 Å². The number of aromatic nitrogens is 4. The van der Waals surface area contributed by atoms with Gasteiger partial charge in [0, 0.05) is 20.2 Å². The first kappa shape index (κ1) is 15.6. The van der Waals surface area contributed by atoms with Gasteiger partial charge in [0.25, 0.3) is 0 Å². The van der Waals surface area contributed by atoms with E-state index in [1.165, 1.54) is 11.1 Å². The van der Waals surface area contributed by atoms with Crippen molar-refractivity contribution in [3.63, 3.8) is 0 Å². The Labute approximate surface area is 125 Å². The number of methoxy groups -OCH3 is 1. The molecule has 0 amide bonds. The first-order chi connectivity index (χ1) is 10.2. The highest BCUT2D eigenvalue weighted by molar-refractivity contribution is 5.25. The van der Waals surface area contributed by atoms with Gasteiger partial charge >= 0.3 is 0 Å². The van der Waals surface area contributed by atoms with Crippen molar-refractivity contribution in [3.8, 4) is 0 Å². The van der Waals surface area contributed by atoms with Crippen LogP contribution in [0.3, 0.4) is 0 Å². The molecule has 1 aromatic heterocycles. The molecule has 1 aromatic carbocycles. The number of rotatable bonds is 8. The summed E-state index contributed by atoms with van der Waals surface area (Å²) in [6, 6.07) is 8.51. The third kappa shape index (κ3) is 4.34. The fourth-order valence-corrected chi connectivity index (χ4v) is 2.27. The Morgan fingerprint density at radius 2 is 2.14 bits per heavy atom. The molecule has 0 saturated heterocycles. The standard InChI is InChI=1S/C15H23N5O/c1-12-6-4-5-7-14(12)8-10-20-15(17-18-19-20)13(2)16-9-11-21-3/h4-7,13,16H,8-11H2,1-3H3. The Balaban J connectivity index is 1.95. The summed E-state index contributed by atoms with van der Waals surface area (Å²) in [6.07, 6.45) is 0.926. The second-order valence-electron chi connectivity index (χ2n) is 5.11. The average molecular weight is 289 g/mol. The number of hydrogen-bond donors (Lipinski definition) is 1. The summed E-state index contributed by atoms with van der Waals surface area (Å²) in [5.74, 6) is 0.861. The summed E-state index contributed by atoms with van der Waals surface area (Å²) >= 11 is 0. The van der Waals surface area contributed by atoms with Gasteiger partial charge in [0.05, 0.1) is 12.6 Å². The summed E-state index contributed by atoms with van der Waals surface area (Å²) in [7, 11) is 1.69. The lowest BCUT2D eigenvalue weighted by atomic mass is 10.1. The molecule has 1 atom stereocenters. The topological polar surface area (TPSA) is 64.9 Å². The van der Waals surface area contributed by atoms with Crippen molar-refractivity contribution in [1.82, 2.24) is 25.5 Å². The van der Waals surface area contributed by atoms with Crippen LogP contribution in [0.5, 0.6) is 0 Å². The monoisotopic (exact) mass is 289 g/mol. The van der Waals surface area contributed by atoms with Crippen molar-refractivity contribution in [2.24, 2.45) is 0 Å². The molecule has 1 unspecified atom stereocenters. The predicted molar refractivity (Wildman–Crippen MR) is 81.0 cm³/mol. The molecule has 21 heavy (non-hydrogen) atoms. The molecule has 0 aliphatic heterocycles. The number of aryl methyl sites for hydroxylation is 3. The van der Waals surface area contributed by atoms with E-state index in [4.69, 9.17) is 4.74 Å². The van der Waals surface area contributed by atoms with Crippen LogP contribution in [0.25, 0.3) is 0 Å². The molecular weight excluding hydrogens is 266 g/mol. The second-order valence-corrected chi connectivity index (χ2v) is 5.11. The lowest BCUT2D eigenvalue weighted by Crippen LogP contribution is -2.26. The third-order valence-corrected chi connectivity index (χ3v) is 3.56. The summed E-state index contributed by atoms with van der Waals surface area (Å²) in [5, 5.41) is 15.4. The van der Waals surface area contributed by atoms with Gasteiger partial charge in [0.1, 0.15) is 0 Å². The molecule has 2 rings (SSSR count). The molecule has 0 spiro atoms. The van der Waals surface area contributed by atoms with Gasteiger partial charge in [-0.3, -0.25) is 0 Å². The van der Waals surface area contributed by atoms with Crippen LogP contribution in [-0.2, 0) is 17.7 Å². The number of ether oxygens (including phenoxy) is 1. The van der Waals surface area contributed by atoms with Gasteiger partial charge in [-0.05, 0) is 41.8 Å². The van der Waals surface area contributed by atoms with Gasteiger partial charge in [0.15, 0.2) is 5.82 Å². The summed E-state index contributed by atoms with van der Waals surface area (Å²) in [5.41, 5.74) is 2.64. The molecule has 0 bridgehead atoms. The molecular formula is C15H23N5O. The van der Waals surface area contributed by atoms with Crippen LogP contribution < -0.4 is 5.32 Å². The molecule has 0 aliphatic carbocycles. The number of nitrogens with zero attached hydrogens (tertiary/aromatic N) is 4. The van der Waals surface area contributed by atoms with Gasteiger partial charge in [-0.25, -0.2) is 4.68 Å². The van der Waals surface area contributed by atoms with Crippen LogP contribution in [0.1, 0.15) is 29.9 Å². The zero-order valence-electron chi connectivity index (χ0n) is 12.9. The van der Waals surface area contributed by atoms with Crippen LogP contribution in [-0.4, -0.2) is 40.5 Å². The quantitative estimate of drug-likeness (QED) is 0.746. The minimum absolute atomic E-state index is 0.104. The van der Waals surface area contributed by atoms with Crippen LogP contribution >= 0.6 is 0 Å². The average Bonchev–Trinajstić information content (AvgIpc) is 2.95. The SMILES string of the molecule is COCCNC(C)c1nnnn1CCc1ccccc1C. The van der Waals surface area contributed by atoms with E-state index in [1.807, 2.05) is 4.68 Å². The first-order valence-electron chi connectivity index (χ1n) is 7.25. The minimum atomic E-state index is 0.104. The van der Waals surface area contributed by atoms with E-state index < -0.39 is 0 Å². The molecule has 0 aliphatic rings. The minimum Gasteiger partial charge on any atom is -0.383 e. The number of nitrogens with one attached hydrogen (secondary N) is 1. The Hall–Kier alpha value is -1.79. The van der Waals surface area contributed by atoms with E-state index >= 15 is 0 Å². The maximum absolute atomic E-state index is 5.04. The highest BCUT2D eigenvalue weighted by Gasteiger charge is 2.13. The molecule has 2 aromatic rings. The number of tetrazole rings is 1. The largest absolute Gasteiger partial charge is 0.383 e. The smallest absolute Gasteiger partial charge is 0.167 e. The van der Waals surface area contributed by atoms with Gasteiger partial charge in [-0.2, -0.15) is 0 Å². The van der Waals surface area contributed by atoms with Crippen LogP contribution in [0.15, 0.2) is 24.3 Å². The molecule has 6 nitrogen and oxygen atoms in total. The zero-order valence-corrected chi connectivity index (χ0v) is 12.9. The third-order valence-electron chi connectivity index (χ3n) is 3.56. The van der Waals surface area contributed by atoms with Crippen molar-refractivity contribution in [2.45, 2.75) is 32.9 Å². The molecule has 0 fully saturated rings. The Morgan fingerprint density at radius 1 is 1.33 bits per heavy atom. The van der Waals surface area contributed by atoms with Crippen molar-refractivity contribution < 1.29 is 4.74 Å². The van der Waals surface area contributed by atoms with E-state index in [0.29, 0.717) is 6.61 Å². The highest BCUT2D eigenvalue weighted by atomic mass is 16.5. The second kappa shape index (κ2) is 7.85. The fraction of sp³-hybridized carbons (Fsp3) is 0.533.